The topological polar surface area (TPSA) is 88.4 Å². The van der Waals surface area contributed by atoms with Crippen molar-refractivity contribution in [1.82, 2.24) is 4.57 Å². The zero-order chi connectivity index (χ0) is 30.7. The van der Waals surface area contributed by atoms with E-state index in [0.717, 1.165) is 15.6 Å². The fraction of sp³-hybridized carbons (Fsp3) is 0.219. The van der Waals surface area contributed by atoms with Gasteiger partial charge in [-0.3, -0.25) is 9.36 Å². The first-order valence-corrected chi connectivity index (χ1v) is 15.7. The van der Waals surface area contributed by atoms with Crippen molar-refractivity contribution in [2.75, 3.05) is 20.8 Å². The second-order valence-electron chi connectivity index (χ2n) is 9.52. The molecule has 0 spiro atoms. The maximum absolute atomic E-state index is 14.0. The molecule has 4 aromatic rings. The third-order valence-corrected chi connectivity index (χ3v) is 8.99. The van der Waals surface area contributed by atoms with Crippen LogP contribution in [0, 0.1) is 0 Å². The standard InChI is InChI=1S/C32H28Br2N2O6S/c1-5-41-31(38)28-18(2)35-32-36(29(28)23-15-25(39-3)26(40-4)16-24(23)34)30(37)27(43-32)14-20-7-6-8-22(13-20)42-17-19-9-11-21(33)12-10-19/h6-16,29H,5,17H2,1-4H3/b27-14-/t29-/m0/s1. The summed E-state index contributed by atoms with van der Waals surface area (Å²) in [7, 11) is 3.08. The Morgan fingerprint density at radius 2 is 1.77 bits per heavy atom. The largest absolute Gasteiger partial charge is 0.493 e. The van der Waals surface area contributed by atoms with Crippen LogP contribution in [0.2, 0.25) is 0 Å². The molecule has 0 bridgehead atoms. The van der Waals surface area contributed by atoms with Crippen LogP contribution in [0.3, 0.4) is 0 Å². The molecule has 1 atom stereocenters. The summed E-state index contributed by atoms with van der Waals surface area (Å²) >= 11 is 8.32. The smallest absolute Gasteiger partial charge is 0.338 e. The van der Waals surface area contributed by atoms with Crippen LogP contribution < -0.4 is 29.1 Å². The van der Waals surface area contributed by atoms with Gasteiger partial charge in [0, 0.05) is 8.95 Å². The average molecular weight is 728 g/mol. The number of carbonyl (C=O) groups excluding carboxylic acids is 1. The maximum Gasteiger partial charge on any atom is 0.338 e. The van der Waals surface area contributed by atoms with Crippen LogP contribution in [0.15, 0.2) is 90.7 Å². The fourth-order valence-electron chi connectivity index (χ4n) is 4.76. The Bertz CT molecular complexity index is 1900. The Morgan fingerprint density at radius 3 is 2.47 bits per heavy atom. The first-order chi connectivity index (χ1) is 20.7. The van der Waals surface area contributed by atoms with Gasteiger partial charge in [-0.15, -0.1) is 0 Å². The summed E-state index contributed by atoms with van der Waals surface area (Å²) in [4.78, 5) is 32.5. The predicted molar refractivity (Wildman–Crippen MR) is 173 cm³/mol. The van der Waals surface area contributed by atoms with Crippen molar-refractivity contribution in [3.63, 3.8) is 0 Å². The summed E-state index contributed by atoms with van der Waals surface area (Å²) in [6.45, 7) is 4.08. The Labute approximate surface area is 269 Å². The summed E-state index contributed by atoms with van der Waals surface area (Å²) in [5.74, 6) is 1.10. The number of benzene rings is 3. The van der Waals surface area contributed by atoms with Crippen LogP contribution in [0.5, 0.6) is 17.2 Å². The van der Waals surface area contributed by atoms with E-state index in [1.807, 2.05) is 48.5 Å². The molecule has 0 radical (unpaired) electrons. The first-order valence-electron chi connectivity index (χ1n) is 13.3. The molecule has 0 saturated carbocycles. The molecule has 5 rings (SSSR count). The number of allylic oxidation sites excluding steroid dienone is 1. The molecule has 0 amide bonds. The minimum absolute atomic E-state index is 0.181. The molecular formula is C32H28Br2N2O6S. The Balaban J connectivity index is 1.59. The third kappa shape index (κ3) is 6.48. The van der Waals surface area contributed by atoms with Gasteiger partial charge < -0.3 is 18.9 Å². The Hall–Kier alpha value is -3.67. The van der Waals surface area contributed by atoms with E-state index in [-0.39, 0.29) is 17.7 Å². The van der Waals surface area contributed by atoms with Crippen molar-refractivity contribution in [2.45, 2.75) is 26.5 Å². The number of thiazole rings is 1. The summed E-state index contributed by atoms with van der Waals surface area (Å²) in [5, 5.41) is 0. The molecule has 2 heterocycles. The van der Waals surface area contributed by atoms with E-state index in [9.17, 15) is 9.59 Å². The average Bonchev–Trinajstić information content (AvgIpc) is 3.30. The molecule has 0 fully saturated rings. The van der Waals surface area contributed by atoms with Crippen molar-refractivity contribution in [3.05, 3.63) is 117 Å². The van der Waals surface area contributed by atoms with Crippen LogP contribution in [0.1, 0.15) is 36.6 Å². The number of fused-ring (bicyclic) bond motifs is 1. The van der Waals surface area contributed by atoms with E-state index in [4.69, 9.17) is 18.9 Å². The molecule has 1 aliphatic heterocycles. The number of ether oxygens (including phenoxy) is 4. The highest BCUT2D eigenvalue weighted by Crippen LogP contribution is 2.40. The Morgan fingerprint density at radius 1 is 1.05 bits per heavy atom. The van der Waals surface area contributed by atoms with E-state index in [1.54, 1.807) is 39.2 Å². The number of methoxy groups -OCH3 is 2. The van der Waals surface area contributed by atoms with Gasteiger partial charge in [0.15, 0.2) is 16.3 Å². The van der Waals surface area contributed by atoms with Crippen molar-refractivity contribution in [1.29, 1.82) is 0 Å². The number of halogens is 2. The lowest BCUT2D eigenvalue weighted by Gasteiger charge is -2.26. The van der Waals surface area contributed by atoms with Gasteiger partial charge in [0.1, 0.15) is 12.4 Å². The van der Waals surface area contributed by atoms with Gasteiger partial charge in [-0.1, -0.05) is 67.5 Å². The summed E-state index contributed by atoms with van der Waals surface area (Å²) in [5.41, 5.74) is 2.93. The molecule has 0 aliphatic carbocycles. The van der Waals surface area contributed by atoms with E-state index in [1.165, 1.54) is 23.0 Å². The number of rotatable bonds is 9. The lowest BCUT2D eigenvalue weighted by molar-refractivity contribution is -0.139. The molecule has 43 heavy (non-hydrogen) atoms. The number of esters is 1. The molecule has 8 nitrogen and oxygen atoms in total. The molecule has 1 aliphatic rings. The molecule has 0 saturated heterocycles. The molecule has 0 N–H and O–H groups in total. The molecule has 1 aromatic heterocycles. The van der Waals surface area contributed by atoms with Crippen molar-refractivity contribution >= 4 is 55.2 Å². The molecule has 222 valence electrons. The minimum Gasteiger partial charge on any atom is -0.493 e. The van der Waals surface area contributed by atoms with Crippen LogP contribution in [0.25, 0.3) is 6.08 Å². The number of hydrogen-bond donors (Lipinski definition) is 0. The van der Waals surface area contributed by atoms with Crippen LogP contribution in [-0.4, -0.2) is 31.4 Å². The Kier molecular flexibility index (Phi) is 9.53. The summed E-state index contributed by atoms with van der Waals surface area (Å²) in [6, 6.07) is 18.2. The minimum atomic E-state index is -0.813. The molecular weight excluding hydrogens is 700 g/mol. The quantitative estimate of drug-likeness (QED) is 0.199. The second kappa shape index (κ2) is 13.3. The second-order valence-corrected chi connectivity index (χ2v) is 12.3. The first kappa shape index (κ1) is 30.8. The van der Waals surface area contributed by atoms with Gasteiger partial charge in [0.05, 0.1) is 42.7 Å². The van der Waals surface area contributed by atoms with Gasteiger partial charge in [-0.25, -0.2) is 9.79 Å². The van der Waals surface area contributed by atoms with Crippen LogP contribution >= 0.6 is 43.2 Å². The third-order valence-electron chi connectivity index (χ3n) is 6.79. The fourth-order valence-corrected chi connectivity index (χ4v) is 6.61. The van der Waals surface area contributed by atoms with Gasteiger partial charge in [0.2, 0.25) is 0 Å². The van der Waals surface area contributed by atoms with E-state index in [0.29, 0.717) is 48.9 Å². The maximum atomic E-state index is 14.0. The lowest BCUT2D eigenvalue weighted by Crippen LogP contribution is -2.40. The molecule has 11 heteroatoms. The monoisotopic (exact) mass is 726 g/mol. The van der Waals surface area contributed by atoms with E-state index < -0.39 is 12.0 Å². The summed E-state index contributed by atoms with van der Waals surface area (Å²) < 4.78 is 26.1. The number of hydrogen-bond acceptors (Lipinski definition) is 8. The van der Waals surface area contributed by atoms with Crippen LogP contribution in [0.4, 0.5) is 0 Å². The molecule has 0 unspecified atom stereocenters. The van der Waals surface area contributed by atoms with E-state index >= 15 is 0 Å². The van der Waals surface area contributed by atoms with Crippen molar-refractivity contribution < 1.29 is 23.7 Å². The normalized spacial score (nSPS) is 14.7. The van der Waals surface area contributed by atoms with Crippen LogP contribution in [-0.2, 0) is 16.1 Å². The van der Waals surface area contributed by atoms with Gasteiger partial charge in [-0.05, 0) is 73.0 Å². The van der Waals surface area contributed by atoms with Gasteiger partial charge in [-0.2, -0.15) is 0 Å². The van der Waals surface area contributed by atoms with Gasteiger partial charge in [0.25, 0.3) is 5.56 Å². The highest BCUT2D eigenvalue weighted by atomic mass is 79.9. The molecule has 3 aromatic carbocycles. The zero-order valence-corrected chi connectivity index (χ0v) is 27.8. The van der Waals surface area contributed by atoms with Gasteiger partial charge >= 0.3 is 5.97 Å². The zero-order valence-electron chi connectivity index (χ0n) is 23.9. The lowest BCUT2D eigenvalue weighted by atomic mass is 9.95. The number of nitrogens with zero attached hydrogens (tertiary/aromatic N) is 2. The van der Waals surface area contributed by atoms with Crippen molar-refractivity contribution in [2.24, 2.45) is 4.99 Å². The number of carbonyl (C=O) groups is 1. The SMILES string of the molecule is CCOC(=O)C1=C(C)N=c2s/c(=C\c3cccc(OCc4ccc(Br)cc4)c3)c(=O)n2[C@H]1c1cc(OC)c(OC)cc1Br. The summed E-state index contributed by atoms with van der Waals surface area (Å²) in [6.07, 6.45) is 1.81. The van der Waals surface area contributed by atoms with Crippen molar-refractivity contribution in [3.8, 4) is 17.2 Å². The predicted octanol–water partition coefficient (Wildman–Crippen LogP) is 5.92. The highest BCUT2D eigenvalue weighted by molar-refractivity contribution is 9.10. The van der Waals surface area contributed by atoms with E-state index in [2.05, 4.69) is 36.9 Å². The highest BCUT2D eigenvalue weighted by Gasteiger charge is 2.35. The number of aromatic nitrogens is 1.